The molecule has 0 aliphatic carbocycles. The number of Topliss-reactive ketones (excluding diaryl/α,β-unsaturated/α-hetero) is 1. The fourth-order valence-electron chi connectivity index (χ4n) is 3.90. The van der Waals surface area contributed by atoms with Crippen LogP contribution >= 0.6 is 11.3 Å². The van der Waals surface area contributed by atoms with Gasteiger partial charge in [0.05, 0.1) is 5.71 Å². The Bertz CT molecular complexity index is 1180. The van der Waals surface area contributed by atoms with Crippen molar-refractivity contribution in [1.82, 2.24) is 14.8 Å². The second kappa shape index (κ2) is 7.83. The van der Waals surface area contributed by atoms with Crippen molar-refractivity contribution in [2.75, 3.05) is 0 Å². The Morgan fingerprint density at radius 1 is 1.10 bits per heavy atom. The van der Waals surface area contributed by atoms with Gasteiger partial charge in [0.1, 0.15) is 22.7 Å². The number of hydrogen-bond donors (Lipinski definition) is 0. The lowest BCUT2D eigenvalue weighted by Gasteiger charge is -2.19. The summed E-state index contributed by atoms with van der Waals surface area (Å²) in [5.41, 5.74) is 5.23. The molecule has 0 saturated carbocycles. The topological polar surface area (TPSA) is 60.1 Å². The lowest BCUT2D eigenvalue weighted by Crippen LogP contribution is -2.23. The van der Waals surface area contributed by atoms with E-state index in [1.54, 1.807) is 11.3 Å². The van der Waals surface area contributed by atoms with Crippen LogP contribution in [-0.4, -0.2) is 26.3 Å². The fraction of sp³-hybridized carbons (Fsp3) is 0.440. The number of ketones is 1. The number of aromatic nitrogens is 3. The molecule has 3 aromatic rings. The largest absolute Gasteiger partial charge is 0.299 e. The Labute approximate surface area is 188 Å². The van der Waals surface area contributed by atoms with E-state index in [9.17, 15) is 4.79 Å². The molecule has 5 nitrogen and oxygen atoms in total. The van der Waals surface area contributed by atoms with Crippen molar-refractivity contribution >= 4 is 22.8 Å². The molecule has 1 aromatic carbocycles. The van der Waals surface area contributed by atoms with E-state index < -0.39 is 5.41 Å². The third-order valence-electron chi connectivity index (χ3n) is 6.09. The van der Waals surface area contributed by atoms with E-state index in [1.807, 2.05) is 27.7 Å². The van der Waals surface area contributed by atoms with Gasteiger partial charge >= 0.3 is 0 Å². The van der Waals surface area contributed by atoms with E-state index in [0.29, 0.717) is 6.42 Å². The average Bonchev–Trinajstić information content (AvgIpc) is 3.19. The highest BCUT2D eigenvalue weighted by atomic mass is 32.1. The fourth-order valence-corrected chi connectivity index (χ4v) is 5.12. The molecular formula is C25H30N4OS. The summed E-state index contributed by atoms with van der Waals surface area (Å²) in [6.45, 7) is 14.3. The predicted octanol–water partition coefficient (Wildman–Crippen LogP) is 5.71. The van der Waals surface area contributed by atoms with Gasteiger partial charge in [-0.25, -0.2) is 0 Å². The summed E-state index contributed by atoms with van der Waals surface area (Å²) in [7, 11) is 0. The molecule has 1 aliphatic heterocycles. The van der Waals surface area contributed by atoms with Crippen LogP contribution in [0.1, 0.15) is 78.9 Å². The molecule has 0 bridgehead atoms. The van der Waals surface area contributed by atoms with Crippen molar-refractivity contribution in [3.8, 4) is 5.00 Å². The van der Waals surface area contributed by atoms with Crippen molar-refractivity contribution in [3.63, 3.8) is 0 Å². The van der Waals surface area contributed by atoms with Crippen molar-refractivity contribution < 1.29 is 4.79 Å². The molecule has 2 aromatic heterocycles. The first-order valence-electron chi connectivity index (χ1n) is 10.8. The monoisotopic (exact) mass is 434 g/mol. The highest BCUT2D eigenvalue weighted by molar-refractivity contribution is 7.15. The quantitative estimate of drug-likeness (QED) is 0.528. The van der Waals surface area contributed by atoms with Crippen LogP contribution in [0.15, 0.2) is 29.3 Å². The van der Waals surface area contributed by atoms with Crippen LogP contribution in [0.4, 0.5) is 0 Å². The lowest BCUT2D eigenvalue weighted by atomic mass is 9.87. The molecule has 0 N–H and O–H groups in total. The Kier molecular flexibility index (Phi) is 5.46. The molecular weight excluding hydrogens is 404 g/mol. The van der Waals surface area contributed by atoms with Gasteiger partial charge in [-0.2, -0.15) is 0 Å². The molecule has 3 heterocycles. The van der Waals surface area contributed by atoms with Gasteiger partial charge in [0.25, 0.3) is 0 Å². The maximum Gasteiger partial charge on any atom is 0.163 e. The van der Waals surface area contributed by atoms with Gasteiger partial charge in [0.15, 0.2) is 5.82 Å². The SMILES string of the molecule is CCc1ccc(C2=N[C@@H](CC(=O)C(C)(C)C)c3nnc(C)n3-c3sc(C)c(C)c32)cc1. The number of aliphatic imine (C=N–C) groups is 1. The number of carbonyl (C=O) groups is 1. The van der Waals surface area contributed by atoms with E-state index in [4.69, 9.17) is 4.99 Å². The van der Waals surface area contributed by atoms with Crippen LogP contribution in [-0.2, 0) is 11.2 Å². The third kappa shape index (κ3) is 3.78. The van der Waals surface area contributed by atoms with Crippen molar-refractivity contribution in [2.24, 2.45) is 10.4 Å². The van der Waals surface area contributed by atoms with Crippen LogP contribution in [0.25, 0.3) is 5.00 Å². The Morgan fingerprint density at radius 3 is 2.39 bits per heavy atom. The van der Waals surface area contributed by atoms with Crippen molar-refractivity contribution in [3.05, 3.63) is 63.0 Å². The van der Waals surface area contributed by atoms with Gasteiger partial charge < -0.3 is 0 Å². The van der Waals surface area contributed by atoms with E-state index in [0.717, 1.165) is 39.9 Å². The van der Waals surface area contributed by atoms with Gasteiger partial charge in [0.2, 0.25) is 0 Å². The van der Waals surface area contributed by atoms with Gasteiger partial charge in [-0.1, -0.05) is 52.0 Å². The average molecular weight is 435 g/mol. The predicted molar refractivity (Wildman–Crippen MR) is 127 cm³/mol. The third-order valence-corrected chi connectivity index (χ3v) is 7.28. The smallest absolute Gasteiger partial charge is 0.163 e. The maximum absolute atomic E-state index is 13.0. The molecule has 6 heteroatoms. The first-order valence-corrected chi connectivity index (χ1v) is 11.7. The molecule has 162 valence electrons. The zero-order valence-corrected chi connectivity index (χ0v) is 20.2. The molecule has 31 heavy (non-hydrogen) atoms. The zero-order valence-electron chi connectivity index (χ0n) is 19.4. The first-order chi connectivity index (χ1) is 14.6. The molecule has 0 fully saturated rings. The number of benzene rings is 1. The number of thiophene rings is 1. The van der Waals surface area contributed by atoms with E-state index in [-0.39, 0.29) is 11.8 Å². The zero-order chi connectivity index (χ0) is 22.5. The molecule has 0 radical (unpaired) electrons. The summed E-state index contributed by atoms with van der Waals surface area (Å²) in [6, 6.07) is 8.26. The second-order valence-corrected chi connectivity index (χ2v) is 10.5. The number of carbonyl (C=O) groups excluding carboxylic acids is 1. The summed E-state index contributed by atoms with van der Waals surface area (Å²) >= 11 is 1.74. The summed E-state index contributed by atoms with van der Waals surface area (Å²) in [5.74, 6) is 1.74. The van der Waals surface area contributed by atoms with Crippen LogP contribution in [0.5, 0.6) is 0 Å². The molecule has 1 aliphatic rings. The van der Waals surface area contributed by atoms with Crippen LogP contribution < -0.4 is 0 Å². The molecule has 0 unspecified atom stereocenters. The standard InChI is InChI=1S/C25H30N4OS/c1-8-17-9-11-18(12-10-17)22-21-14(2)15(3)31-24(21)29-16(4)27-28-23(29)19(26-22)13-20(30)25(5,6)7/h9-12,19H,8,13H2,1-7H3/t19-/m0/s1. The van der Waals surface area contributed by atoms with Gasteiger partial charge in [-0.3, -0.25) is 14.4 Å². The summed E-state index contributed by atoms with van der Waals surface area (Å²) in [5, 5.41) is 9.94. The number of hydrogen-bond acceptors (Lipinski definition) is 5. The van der Waals surface area contributed by atoms with Gasteiger partial charge in [-0.15, -0.1) is 21.5 Å². The minimum Gasteiger partial charge on any atom is -0.299 e. The number of aryl methyl sites for hydroxylation is 3. The van der Waals surface area contributed by atoms with Gasteiger partial charge in [0, 0.05) is 27.8 Å². The van der Waals surface area contributed by atoms with E-state index in [1.165, 1.54) is 16.0 Å². The Morgan fingerprint density at radius 2 is 1.77 bits per heavy atom. The molecule has 0 saturated heterocycles. The summed E-state index contributed by atoms with van der Waals surface area (Å²) in [4.78, 5) is 19.5. The normalized spacial score (nSPS) is 15.8. The van der Waals surface area contributed by atoms with E-state index >= 15 is 0 Å². The Balaban J connectivity index is 1.96. The first kappa shape index (κ1) is 21.6. The van der Waals surface area contributed by atoms with Crippen molar-refractivity contribution in [2.45, 2.75) is 67.3 Å². The van der Waals surface area contributed by atoms with Gasteiger partial charge in [-0.05, 0) is 38.3 Å². The van der Waals surface area contributed by atoms with E-state index in [2.05, 4.69) is 59.8 Å². The van der Waals surface area contributed by atoms with Crippen molar-refractivity contribution in [1.29, 1.82) is 0 Å². The minimum absolute atomic E-state index is 0.173. The van der Waals surface area contributed by atoms with Crippen LogP contribution in [0.2, 0.25) is 0 Å². The van der Waals surface area contributed by atoms with Crippen LogP contribution in [0.3, 0.4) is 0 Å². The molecule has 4 rings (SSSR count). The maximum atomic E-state index is 13.0. The highest BCUT2D eigenvalue weighted by Gasteiger charge is 2.34. The molecule has 1 atom stereocenters. The molecule has 0 amide bonds. The Hall–Kier alpha value is -2.60. The number of fused-ring (bicyclic) bond motifs is 3. The van der Waals surface area contributed by atoms with Crippen LogP contribution in [0, 0.1) is 26.2 Å². The minimum atomic E-state index is -0.429. The summed E-state index contributed by atoms with van der Waals surface area (Å²) < 4.78 is 2.11. The lowest BCUT2D eigenvalue weighted by molar-refractivity contribution is -0.126. The number of rotatable bonds is 4. The second-order valence-electron chi connectivity index (χ2n) is 9.33. The summed E-state index contributed by atoms with van der Waals surface area (Å²) in [6.07, 6.45) is 1.31. The molecule has 0 spiro atoms. The highest BCUT2D eigenvalue weighted by Crippen LogP contribution is 2.40. The number of nitrogens with zero attached hydrogens (tertiary/aromatic N) is 4.